The number of nitrogens with zero attached hydrogens (tertiary/aromatic N) is 2. The number of rotatable bonds is 3. The Bertz CT molecular complexity index is 375. The number of aromatic nitrogens is 1. The van der Waals surface area contributed by atoms with Gasteiger partial charge in [-0.25, -0.2) is 4.98 Å². The molecule has 1 aliphatic rings. The lowest BCUT2D eigenvalue weighted by molar-refractivity contribution is 0.473. The summed E-state index contributed by atoms with van der Waals surface area (Å²) >= 11 is 1.78. The van der Waals surface area contributed by atoms with Crippen molar-refractivity contribution in [2.45, 2.75) is 39.3 Å². The van der Waals surface area contributed by atoms with E-state index < -0.39 is 0 Å². The van der Waals surface area contributed by atoms with Crippen LogP contribution in [0.25, 0.3) is 0 Å². The van der Waals surface area contributed by atoms with E-state index in [1.165, 1.54) is 6.42 Å². The van der Waals surface area contributed by atoms with Crippen molar-refractivity contribution in [3.8, 4) is 0 Å². The van der Waals surface area contributed by atoms with Crippen LogP contribution in [0, 0.1) is 6.92 Å². The summed E-state index contributed by atoms with van der Waals surface area (Å²) < 4.78 is 5.37. The van der Waals surface area contributed by atoms with Crippen LogP contribution in [0.1, 0.15) is 31.4 Å². The predicted octanol–water partition coefficient (Wildman–Crippen LogP) is 2.34. The van der Waals surface area contributed by atoms with E-state index in [1.807, 2.05) is 6.92 Å². The fourth-order valence-electron chi connectivity index (χ4n) is 1.60. The van der Waals surface area contributed by atoms with E-state index in [2.05, 4.69) is 22.2 Å². The van der Waals surface area contributed by atoms with Crippen LogP contribution >= 0.6 is 11.8 Å². The van der Waals surface area contributed by atoms with E-state index in [4.69, 9.17) is 4.42 Å². The molecule has 1 atom stereocenters. The molecule has 2 rings (SSSR count). The van der Waals surface area contributed by atoms with Crippen LogP contribution in [-0.4, -0.2) is 21.9 Å². The molecular weight excluding hydrogens is 222 g/mol. The largest absolute Gasteiger partial charge is 0.444 e. The van der Waals surface area contributed by atoms with Gasteiger partial charge in [0.2, 0.25) is 5.89 Å². The van der Waals surface area contributed by atoms with Crippen LogP contribution in [0.3, 0.4) is 0 Å². The molecule has 1 aromatic rings. The second kappa shape index (κ2) is 5.39. The van der Waals surface area contributed by atoms with Gasteiger partial charge in [0.05, 0.1) is 6.20 Å². The number of hydrogen-bond donors (Lipinski definition) is 1. The highest BCUT2D eigenvalue weighted by molar-refractivity contribution is 8.13. The lowest BCUT2D eigenvalue weighted by atomic mass is 10.2. The maximum Gasteiger partial charge on any atom is 0.216 e. The molecule has 1 fully saturated rings. The zero-order valence-corrected chi connectivity index (χ0v) is 10.5. The van der Waals surface area contributed by atoms with Crippen molar-refractivity contribution < 1.29 is 4.42 Å². The topological polar surface area (TPSA) is 50.4 Å². The summed E-state index contributed by atoms with van der Waals surface area (Å²) in [6, 6.07) is 0.575. The van der Waals surface area contributed by atoms with Gasteiger partial charge in [0.15, 0.2) is 5.17 Å². The van der Waals surface area contributed by atoms with E-state index >= 15 is 0 Å². The Labute approximate surface area is 99.9 Å². The molecule has 1 unspecified atom stereocenters. The molecule has 1 saturated heterocycles. The first-order valence-electron chi connectivity index (χ1n) is 5.63. The minimum atomic E-state index is 0.527. The molecule has 5 heteroatoms. The van der Waals surface area contributed by atoms with Gasteiger partial charge in [-0.05, 0) is 19.8 Å². The summed E-state index contributed by atoms with van der Waals surface area (Å²) in [5.41, 5.74) is 0. The second-order valence-corrected chi connectivity index (χ2v) is 4.96. The summed E-state index contributed by atoms with van der Waals surface area (Å²) in [7, 11) is 0. The summed E-state index contributed by atoms with van der Waals surface area (Å²) in [6.07, 6.45) is 4.10. The van der Waals surface area contributed by atoms with Crippen molar-refractivity contribution in [3.63, 3.8) is 0 Å². The van der Waals surface area contributed by atoms with E-state index in [0.717, 1.165) is 23.1 Å². The monoisotopic (exact) mass is 239 g/mol. The van der Waals surface area contributed by atoms with E-state index in [0.29, 0.717) is 18.5 Å². The quantitative estimate of drug-likeness (QED) is 0.879. The van der Waals surface area contributed by atoms with Gasteiger partial charge >= 0.3 is 0 Å². The van der Waals surface area contributed by atoms with Crippen molar-refractivity contribution >= 4 is 16.9 Å². The Kier molecular flexibility index (Phi) is 3.88. The van der Waals surface area contributed by atoms with Crippen molar-refractivity contribution in [2.24, 2.45) is 4.99 Å². The number of oxazole rings is 1. The average Bonchev–Trinajstić information content (AvgIpc) is 2.73. The second-order valence-electron chi connectivity index (χ2n) is 3.87. The summed E-state index contributed by atoms with van der Waals surface area (Å²) in [5.74, 6) is 2.67. The fourth-order valence-corrected chi connectivity index (χ4v) is 2.60. The zero-order chi connectivity index (χ0) is 11.4. The first-order chi connectivity index (χ1) is 7.78. The van der Waals surface area contributed by atoms with Crippen molar-refractivity contribution in [1.82, 2.24) is 10.3 Å². The Morgan fingerprint density at radius 1 is 1.69 bits per heavy atom. The maximum atomic E-state index is 5.37. The molecule has 0 spiro atoms. The lowest BCUT2D eigenvalue weighted by Crippen LogP contribution is -2.37. The Morgan fingerprint density at radius 2 is 2.56 bits per heavy atom. The third-order valence-electron chi connectivity index (χ3n) is 2.55. The van der Waals surface area contributed by atoms with Gasteiger partial charge in [-0.15, -0.1) is 0 Å². The minimum Gasteiger partial charge on any atom is -0.444 e. The van der Waals surface area contributed by atoms with Gasteiger partial charge in [-0.1, -0.05) is 18.7 Å². The Hall–Kier alpha value is -0.970. The van der Waals surface area contributed by atoms with Crippen LogP contribution in [0.4, 0.5) is 0 Å². The Morgan fingerprint density at radius 3 is 3.25 bits per heavy atom. The summed E-state index contributed by atoms with van der Waals surface area (Å²) in [5, 5.41) is 4.45. The first-order valence-corrected chi connectivity index (χ1v) is 6.61. The summed E-state index contributed by atoms with van der Waals surface area (Å²) in [6.45, 7) is 4.62. The molecule has 4 nitrogen and oxygen atoms in total. The molecule has 88 valence electrons. The van der Waals surface area contributed by atoms with Crippen LogP contribution in [0.5, 0.6) is 0 Å². The molecule has 0 amide bonds. The number of nitrogens with one attached hydrogen (secondary N) is 1. The SMILES string of the molecule is CCC1CCSC(=NCc2ncc(C)o2)N1. The highest BCUT2D eigenvalue weighted by Crippen LogP contribution is 2.16. The lowest BCUT2D eigenvalue weighted by Gasteiger charge is -2.23. The number of aliphatic imine (C=N–C) groups is 1. The number of thioether (sulfide) groups is 1. The molecule has 0 bridgehead atoms. The molecule has 0 radical (unpaired) electrons. The van der Waals surface area contributed by atoms with E-state index in [9.17, 15) is 0 Å². The molecule has 16 heavy (non-hydrogen) atoms. The van der Waals surface area contributed by atoms with Crippen LogP contribution < -0.4 is 5.32 Å². The highest BCUT2D eigenvalue weighted by Gasteiger charge is 2.15. The van der Waals surface area contributed by atoms with Crippen molar-refractivity contribution in [2.75, 3.05) is 5.75 Å². The molecule has 0 saturated carbocycles. The fraction of sp³-hybridized carbons (Fsp3) is 0.636. The van der Waals surface area contributed by atoms with E-state index in [-0.39, 0.29) is 0 Å². The standard InChI is InChI=1S/C11H17N3OS/c1-3-9-4-5-16-11(14-9)13-7-10-12-6-8(2)15-10/h6,9H,3-5,7H2,1-2H3,(H,13,14). The molecule has 1 N–H and O–H groups in total. The highest BCUT2D eigenvalue weighted by atomic mass is 32.2. The molecule has 2 heterocycles. The Balaban J connectivity index is 1.91. The minimum absolute atomic E-state index is 0.527. The van der Waals surface area contributed by atoms with Gasteiger partial charge in [-0.3, -0.25) is 4.99 Å². The molecule has 1 aromatic heterocycles. The van der Waals surface area contributed by atoms with Crippen molar-refractivity contribution in [1.29, 1.82) is 0 Å². The van der Waals surface area contributed by atoms with Crippen LogP contribution in [0.2, 0.25) is 0 Å². The molecule has 0 aliphatic carbocycles. The van der Waals surface area contributed by atoms with Crippen molar-refractivity contribution in [3.05, 3.63) is 17.8 Å². The van der Waals surface area contributed by atoms with Gasteiger partial charge in [-0.2, -0.15) is 0 Å². The number of aryl methyl sites for hydroxylation is 1. The molecular formula is C11H17N3OS. The average molecular weight is 239 g/mol. The van der Waals surface area contributed by atoms with Crippen LogP contribution in [0.15, 0.2) is 15.6 Å². The third kappa shape index (κ3) is 3.01. The van der Waals surface area contributed by atoms with Gasteiger partial charge in [0, 0.05) is 11.8 Å². The maximum absolute atomic E-state index is 5.37. The van der Waals surface area contributed by atoms with Gasteiger partial charge < -0.3 is 9.73 Å². The number of amidine groups is 1. The molecule has 1 aliphatic heterocycles. The smallest absolute Gasteiger partial charge is 0.216 e. The first kappa shape index (κ1) is 11.5. The predicted molar refractivity (Wildman–Crippen MR) is 66.7 cm³/mol. The van der Waals surface area contributed by atoms with E-state index in [1.54, 1.807) is 18.0 Å². The normalized spacial score (nSPS) is 23.4. The van der Waals surface area contributed by atoms with Crippen LogP contribution in [-0.2, 0) is 6.54 Å². The molecule has 0 aromatic carbocycles. The van der Waals surface area contributed by atoms with Gasteiger partial charge in [0.1, 0.15) is 12.3 Å². The summed E-state index contributed by atoms with van der Waals surface area (Å²) in [4.78, 5) is 8.61. The van der Waals surface area contributed by atoms with Gasteiger partial charge in [0.25, 0.3) is 0 Å². The third-order valence-corrected chi connectivity index (χ3v) is 3.51. The zero-order valence-electron chi connectivity index (χ0n) is 9.69. The number of hydrogen-bond acceptors (Lipinski definition) is 4.